The molecule has 0 aliphatic carbocycles. The number of unbranched alkanes of at least 4 members (excludes halogenated alkanes) is 2. The molecule has 1 aromatic heterocycles. The number of nitrogens with zero attached hydrogens (tertiary/aromatic N) is 2. The highest BCUT2D eigenvalue weighted by Gasteiger charge is 2.01. The van der Waals surface area contributed by atoms with E-state index in [1.165, 1.54) is 5.56 Å². The van der Waals surface area contributed by atoms with E-state index >= 15 is 0 Å². The Labute approximate surface area is 104 Å². The molecule has 0 radical (unpaired) electrons. The normalized spacial score (nSPS) is 10.5. The number of aromatic nitrogens is 1. The number of aliphatic hydroxyl groups excluding tert-OH is 1. The minimum absolute atomic E-state index is 0.292. The summed E-state index contributed by atoms with van der Waals surface area (Å²) in [6.45, 7) is 2.13. The first kappa shape index (κ1) is 13.9. The predicted molar refractivity (Wildman–Crippen MR) is 71.2 cm³/mol. The predicted octanol–water partition coefficient (Wildman–Crippen LogP) is 1.40. The molecule has 0 amide bonds. The highest BCUT2D eigenvalue weighted by molar-refractivity contribution is 5.38. The summed E-state index contributed by atoms with van der Waals surface area (Å²) in [5.74, 6) is 1.01. The van der Waals surface area contributed by atoms with Crippen molar-refractivity contribution < 1.29 is 5.11 Å². The van der Waals surface area contributed by atoms with Gasteiger partial charge in [-0.3, -0.25) is 0 Å². The first-order chi connectivity index (χ1) is 8.27. The zero-order valence-electron chi connectivity index (χ0n) is 10.8. The smallest absolute Gasteiger partial charge is 0.128 e. The molecule has 0 saturated heterocycles. The number of pyridine rings is 1. The summed E-state index contributed by atoms with van der Waals surface area (Å²) >= 11 is 0. The fourth-order valence-corrected chi connectivity index (χ4v) is 1.70. The number of aliphatic hydroxyl groups is 1. The van der Waals surface area contributed by atoms with Crippen LogP contribution in [0.5, 0.6) is 0 Å². The summed E-state index contributed by atoms with van der Waals surface area (Å²) in [7, 11) is 3.99. The minimum atomic E-state index is 0.292. The van der Waals surface area contributed by atoms with Gasteiger partial charge in [-0.15, -0.1) is 0 Å². The van der Waals surface area contributed by atoms with Crippen LogP contribution >= 0.6 is 0 Å². The third-order valence-corrected chi connectivity index (χ3v) is 2.73. The van der Waals surface area contributed by atoms with Crippen LogP contribution in [0.3, 0.4) is 0 Å². The van der Waals surface area contributed by atoms with Crippen LogP contribution in [0.2, 0.25) is 0 Å². The van der Waals surface area contributed by atoms with E-state index in [0.29, 0.717) is 6.61 Å². The lowest BCUT2D eigenvalue weighted by Crippen LogP contribution is -2.19. The van der Waals surface area contributed by atoms with Gasteiger partial charge in [-0.25, -0.2) is 4.98 Å². The van der Waals surface area contributed by atoms with Crippen molar-refractivity contribution in [3.63, 3.8) is 0 Å². The van der Waals surface area contributed by atoms with Crippen LogP contribution in [0.1, 0.15) is 24.8 Å². The molecule has 0 atom stereocenters. The molecule has 0 spiro atoms. The number of hydrogen-bond donors (Lipinski definition) is 2. The minimum Gasteiger partial charge on any atom is -0.396 e. The fraction of sp³-hybridized carbons (Fsp3) is 0.615. The summed E-state index contributed by atoms with van der Waals surface area (Å²) in [5, 5.41) is 11.8. The second-order valence-corrected chi connectivity index (χ2v) is 4.26. The second kappa shape index (κ2) is 8.03. The van der Waals surface area contributed by atoms with Crippen molar-refractivity contribution in [1.82, 2.24) is 10.3 Å². The zero-order chi connectivity index (χ0) is 12.5. The Bertz CT molecular complexity index is 300. The van der Waals surface area contributed by atoms with Crippen LogP contribution < -0.4 is 10.2 Å². The molecule has 0 bridgehead atoms. The molecule has 0 aliphatic heterocycles. The summed E-state index contributed by atoms with van der Waals surface area (Å²) < 4.78 is 0. The lowest BCUT2D eigenvalue weighted by molar-refractivity contribution is 0.283. The van der Waals surface area contributed by atoms with Gasteiger partial charge in [-0.1, -0.05) is 6.07 Å². The van der Waals surface area contributed by atoms with Gasteiger partial charge >= 0.3 is 0 Å². The third-order valence-electron chi connectivity index (χ3n) is 2.73. The first-order valence-corrected chi connectivity index (χ1v) is 6.19. The van der Waals surface area contributed by atoms with Crippen molar-refractivity contribution in [2.75, 3.05) is 32.1 Å². The highest BCUT2D eigenvalue weighted by Crippen LogP contribution is 2.10. The molecule has 0 aliphatic rings. The monoisotopic (exact) mass is 237 g/mol. The van der Waals surface area contributed by atoms with Gasteiger partial charge < -0.3 is 15.3 Å². The van der Waals surface area contributed by atoms with Crippen molar-refractivity contribution in [2.45, 2.75) is 25.8 Å². The molecule has 0 saturated carbocycles. The molecule has 0 aromatic carbocycles. The van der Waals surface area contributed by atoms with E-state index in [9.17, 15) is 0 Å². The maximum atomic E-state index is 8.70. The van der Waals surface area contributed by atoms with Gasteiger partial charge in [-0.2, -0.15) is 0 Å². The number of rotatable bonds is 8. The van der Waals surface area contributed by atoms with Crippen molar-refractivity contribution in [2.24, 2.45) is 0 Å². The molecule has 1 rings (SSSR count). The van der Waals surface area contributed by atoms with E-state index in [1.54, 1.807) is 0 Å². The molecule has 1 aromatic rings. The highest BCUT2D eigenvalue weighted by atomic mass is 16.2. The van der Waals surface area contributed by atoms with Crippen molar-refractivity contribution in [3.05, 3.63) is 23.9 Å². The number of anilines is 1. The molecule has 1 heterocycles. The van der Waals surface area contributed by atoms with Gasteiger partial charge in [0, 0.05) is 32.9 Å². The Hall–Kier alpha value is -1.13. The van der Waals surface area contributed by atoms with Gasteiger partial charge in [-0.05, 0) is 37.9 Å². The molecule has 4 nitrogen and oxygen atoms in total. The average Bonchev–Trinajstić information content (AvgIpc) is 2.36. The summed E-state index contributed by atoms with van der Waals surface area (Å²) in [5.41, 5.74) is 1.20. The Balaban J connectivity index is 2.37. The van der Waals surface area contributed by atoms with Crippen molar-refractivity contribution in [3.8, 4) is 0 Å². The van der Waals surface area contributed by atoms with Gasteiger partial charge in [0.1, 0.15) is 5.82 Å². The molecule has 4 heteroatoms. The SMILES string of the molecule is CNCc1ccc(N(C)CCCCCO)nc1. The van der Waals surface area contributed by atoms with Gasteiger partial charge in [0.15, 0.2) is 0 Å². The molecule has 96 valence electrons. The average molecular weight is 237 g/mol. The molecule has 0 unspecified atom stereocenters. The molecule has 2 N–H and O–H groups in total. The van der Waals surface area contributed by atoms with Gasteiger partial charge in [0.2, 0.25) is 0 Å². The van der Waals surface area contributed by atoms with Gasteiger partial charge in [0.05, 0.1) is 0 Å². The summed E-state index contributed by atoms with van der Waals surface area (Å²) in [4.78, 5) is 6.59. The standard InChI is InChI=1S/C13H23N3O/c1-14-10-12-6-7-13(15-11-12)16(2)8-4-3-5-9-17/h6-7,11,14,17H,3-5,8-10H2,1-2H3. The van der Waals surface area contributed by atoms with E-state index < -0.39 is 0 Å². The number of hydrogen-bond acceptors (Lipinski definition) is 4. The van der Waals surface area contributed by atoms with Gasteiger partial charge in [0.25, 0.3) is 0 Å². The molecular formula is C13H23N3O. The zero-order valence-corrected chi connectivity index (χ0v) is 10.8. The lowest BCUT2D eigenvalue weighted by atomic mass is 10.2. The maximum absolute atomic E-state index is 8.70. The van der Waals surface area contributed by atoms with E-state index in [-0.39, 0.29) is 0 Å². The fourth-order valence-electron chi connectivity index (χ4n) is 1.70. The van der Waals surface area contributed by atoms with Crippen LogP contribution in [0.4, 0.5) is 5.82 Å². The lowest BCUT2D eigenvalue weighted by Gasteiger charge is -2.18. The van der Waals surface area contributed by atoms with E-state index in [0.717, 1.165) is 38.2 Å². The van der Waals surface area contributed by atoms with Crippen LogP contribution in [-0.2, 0) is 6.54 Å². The second-order valence-electron chi connectivity index (χ2n) is 4.26. The third kappa shape index (κ3) is 5.15. The van der Waals surface area contributed by atoms with Crippen LogP contribution in [0, 0.1) is 0 Å². The Morgan fingerprint density at radius 3 is 2.71 bits per heavy atom. The summed E-state index contributed by atoms with van der Waals surface area (Å²) in [6.07, 6.45) is 4.97. The molecular weight excluding hydrogens is 214 g/mol. The van der Waals surface area contributed by atoms with Crippen LogP contribution in [0.15, 0.2) is 18.3 Å². The van der Waals surface area contributed by atoms with E-state index in [1.807, 2.05) is 13.2 Å². The molecule has 17 heavy (non-hydrogen) atoms. The Kier molecular flexibility index (Phi) is 6.58. The Morgan fingerprint density at radius 2 is 2.12 bits per heavy atom. The topological polar surface area (TPSA) is 48.4 Å². The molecule has 0 fully saturated rings. The van der Waals surface area contributed by atoms with Crippen molar-refractivity contribution >= 4 is 5.82 Å². The number of nitrogens with one attached hydrogen (secondary N) is 1. The largest absolute Gasteiger partial charge is 0.396 e. The first-order valence-electron chi connectivity index (χ1n) is 6.19. The van der Waals surface area contributed by atoms with E-state index in [4.69, 9.17) is 5.11 Å². The Morgan fingerprint density at radius 1 is 1.29 bits per heavy atom. The van der Waals surface area contributed by atoms with Crippen molar-refractivity contribution in [1.29, 1.82) is 0 Å². The van der Waals surface area contributed by atoms with E-state index in [2.05, 4.69) is 34.4 Å². The van der Waals surface area contributed by atoms with Crippen LogP contribution in [0.25, 0.3) is 0 Å². The maximum Gasteiger partial charge on any atom is 0.128 e. The quantitative estimate of drug-likeness (QED) is 0.671. The summed E-state index contributed by atoms with van der Waals surface area (Å²) in [6, 6.07) is 4.15. The van der Waals surface area contributed by atoms with Crippen LogP contribution in [-0.4, -0.2) is 37.3 Å².